The molecule has 0 saturated carbocycles. The van der Waals surface area contributed by atoms with E-state index in [4.69, 9.17) is 31.2 Å². The average molecular weight is 493 g/mol. The lowest BCUT2D eigenvalue weighted by molar-refractivity contribution is 0.190. The Balaban J connectivity index is 1.64. The molecule has 1 aliphatic rings. The second-order valence-corrected chi connectivity index (χ2v) is 8.69. The Labute approximate surface area is 212 Å². The first-order chi connectivity index (χ1) is 17.1. The van der Waals surface area contributed by atoms with Crippen molar-refractivity contribution in [2.75, 3.05) is 39.8 Å². The Morgan fingerprint density at radius 1 is 0.943 bits per heavy atom. The highest BCUT2D eigenvalue weighted by atomic mass is 32.1. The fourth-order valence-corrected chi connectivity index (χ4v) is 4.71. The number of para-hydroxylation sites is 2. The summed E-state index contributed by atoms with van der Waals surface area (Å²) in [5, 5.41) is 3.99. The van der Waals surface area contributed by atoms with Crippen molar-refractivity contribution in [3.8, 4) is 23.0 Å². The van der Waals surface area contributed by atoms with Gasteiger partial charge in [0.1, 0.15) is 18.1 Å². The maximum atomic E-state index is 6.28. The van der Waals surface area contributed by atoms with Crippen LogP contribution >= 0.6 is 12.2 Å². The molecular weight excluding hydrogens is 460 g/mol. The number of ether oxygens (including phenoxy) is 4. The number of fused-ring (bicyclic) bond motifs is 1. The van der Waals surface area contributed by atoms with E-state index in [-0.39, 0.29) is 6.04 Å². The molecule has 0 unspecified atom stereocenters. The number of benzene rings is 3. The number of methoxy groups -OCH3 is 3. The topological polar surface area (TPSA) is 52.2 Å². The van der Waals surface area contributed by atoms with E-state index >= 15 is 0 Å². The lowest BCUT2D eigenvalue weighted by Gasteiger charge is -2.39. The number of hydrogen-bond donors (Lipinski definition) is 1. The highest BCUT2D eigenvalue weighted by Crippen LogP contribution is 2.39. The predicted molar refractivity (Wildman–Crippen MR) is 143 cm³/mol. The van der Waals surface area contributed by atoms with Crippen molar-refractivity contribution >= 4 is 23.0 Å². The molecule has 4 rings (SSSR count). The lowest BCUT2D eigenvalue weighted by atomic mass is 9.92. The molecular formula is C28H32N2O4S. The molecule has 35 heavy (non-hydrogen) atoms. The van der Waals surface area contributed by atoms with E-state index in [1.54, 1.807) is 21.3 Å². The quantitative estimate of drug-likeness (QED) is 0.408. The van der Waals surface area contributed by atoms with E-state index < -0.39 is 0 Å². The van der Waals surface area contributed by atoms with Crippen LogP contribution in [-0.4, -0.2) is 44.5 Å². The molecule has 184 valence electrons. The normalized spacial score (nSPS) is 14.6. The smallest absolute Gasteiger partial charge is 0.174 e. The molecule has 0 amide bonds. The summed E-state index contributed by atoms with van der Waals surface area (Å²) < 4.78 is 22.9. The van der Waals surface area contributed by atoms with Gasteiger partial charge in [-0.25, -0.2) is 0 Å². The largest absolute Gasteiger partial charge is 0.495 e. The van der Waals surface area contributed by atoms with Gasteiger partial charge in [0.25, 0.3) is 0 Å². The van der Waals surface area contributed by atoms with E-state index in [9.17, 15) is 0 Å². The van der Waals surface area contributed by atoms with Crippen molar-refractivity contribution in [2.45, 2.75) is 25.8 Å². The third kappa shape index (κ3) is 5.46. The maximum absolute atomic E-state index is 6.28. The van der Waals surface area contributed by atoms with Crippen LogP contribution in [0.1, 0.15) is 29.7 Å². The van der Waals surface area contributed by atoms with Crippen molar-refractivity contribution in [3.63, 3.8) is 0 Å². The third-order valence-corrected chi connectivity index (χ3v) is 6.69. The second kappa shape index (κ2) is 11.3. The maximum Gasteiger partial charge on any atom is 0.174 e. The molecule has 1 aliphatic heterocycles. The zero-order chi connectivity index (χ0) is 24.8. The van der Waals surface area contributed by atoms with Gasteiger partial charge in [-0.1, -0.05) is 31.2 Å². The summed E-state index contributed by atoms with van der Waals surface area (Å²) in [4.78, 5) is 2.18. The number of rotatable bonds is 8. The van der Waals surface area contributed by atoms with Crippen LogP contribution in [0.2, 0.25) is 0 Å². The minimum atomic E-state index is -0.112. The Kier molecular flexibility index (Phi) is 7.98. The summed E-state index contributed by atoms with van der Waals surface area (Å²) in [6.45, 7) is 3.32. The van der Waals surface area contributed by atoms with Crippen molar-refractivity contribution in [2.24, 2.45) is 0 Å². The van der Waals surface area contributed by atoms with Crippen molar-refractivity contribution in [1.29, 1.82) is 0 Å². The number of aryl methyl sites for hydroxylation is 1. The van der Waals surface area contributed by atoms with Gasteiger partial charge in [0.2, 0.25) is 0 Å². The van der Waals surface area contributed by atoms with Gasteiger partial charge in [-0.05, 0) is 78.1 Å². The van der Waals surface area contributed by atoms with Crippen LogP contribution in [0.4, 0.5) is 5.69 Å². The van der Waals surface area contributed by atoms with Crippen LogP contribution in [0.3, 0.4) is 0 Å². The Hall–Kier alpha value is -3.45. The molecule has 7 heteroatoms. The first-order valence-electron chi connectivity index (χ1n) is 11.7. The molecule has 0 radical (unpaired) electrons. The number of thiocarbonyl (C=S) groups is 1. The minimum absolute atomic E-state index is 0.112. The number of hydrogen-bond acceptors (Lipinski definition) is 5. The molecule has 0 aliphatic carbocycles. The van der Waals surface area contributed by atoms with Gasteiger partial charge in [-0.2, -0.15) is 0 Å². The molecule has 1 heterocycles. The summed E-state index contributed by atoms with van der Waals surface area (Å²) in [6, 6.07) is 20.0. The van der Waals surface area contributed by atoms with Gasteiger partial charge in [0.15, 0.2) is 16.6 Å². The Morgan fingerprint density at radius 2 is 1.63 bits per heavy atom. The standard InChI is InChI=1S/C28H32N2O4S/c1-5-19-10-12-21(13-11-19)34-18-24-22-17-27(33-4)26(32-3)16-20(22)14-15-30(24)28(35)29-23-8-6-7-9-25(23)31-2/h6-13,16-17,24H,5,14-15,18H2,1-4H3,(H,29,35)/t24-/m0/s1. The van der Waals surface area contributed by atoms with Gasteiger partial charge in [0.05, 0.1) is 33.1 Å². The van der Waals surface area contributed by atoms with Crippen molar-refractivity contribution < 1.29 is 18.9 Å². The van der Waals surface area contributed by atoms with E-state index in [0.717, 1.165) is 47.9 Å². The molecule has 1 atom stereocenters. The molecule has 0 fully saturated rings. The predicted octanol–water partition coefficient (Wildman–Crippen LogP) is 5.65. The second-order valence-electron chi connectivity index (χ2n) is 8.30. The molecule has 3 aromatic rings. The molecule has 3 aromatic carbocycles. The Morgan fingerprint density at radius 3 is 2.31 bits per heavy atom. The SMILES string of the molecule is CCc1ccc(OC[C@H]2c3cc(OC)c(OC)cc3CCN2C(=S)Nc2ccccc2OC)cc1. The van der Waals surface area contributed by atoms with E-state index in [1.807, 2.05) is 42.5 Å². The van der Waals surface area contributed by atoms with Crippen LogP contribution in [-0.2, 0) is 12.8 Å². The van der Waals surface area contributed by atoms with Crippen LogP contribution < -0.4 is 24.3 Å². The van der Waals surface area contributed by atoms with Crippen LogP contribution in [0.15, 0.2) is 60.7 Å². The molecule has 0 saturated heterocycles. The van der Waals surface area contributed by atoms with E-state index in [2.05, 4.69) is 35.3 Å². The molecule has 0 spiro atoms. The first-order valence-corrected chi connectivity index (χ1v) is 12.2. The van der Waals surface area contributed by atoms with Gasteiger partial charge in [-0.15, -0.1) is 0 Å². The summed E-state index contributed by atoms with van der Waals surface area (Å²) in [6.07, 6.45) is 1.82. The van der Waals surface area contributed by atoms with E-state index in [1.165, 1.54) is 11.1 Å². The van der Waals surface area contributed by atoms with Crippen LogP contribution in [0.25, 0.3) is 0 Å². The van der Waals surface area contributed by atoms with Crippen molar-refractivity contribution in [1.82, 2.24) is 4.90 Å². The summed E-state index contributed by atoms with van der Waals surface area (Å²) in [5.74, 6) is 2.99. The van der Waals surface area contributed by atoms with Gasteiger partial charge < -0.3 is 29.2 Å². The van der Waals surface area contributed by atoms with E-state index in [0.29, 0.717) is 17.5 Å². The number of anilines is 1. The van der Waals surface area contributed by atoms with Gasteiger partial charge in [0, 0.05) is 6.54 Å². The average Bonchev–Trinajstić information content (AvgIpc) is 2.91. The zero-order valence-corrected chi connectivity index (χ0v) is 21.5. The molecule has 0 aromatic heterocycles. The third-order valence-electron chi connectivity index (χ3n) is 6.35. The van der Waals surface area contributed by atoms with Gasteiger partial charge >= 0.3 is 0 Å². The highest BCUT2D eigenvalue weighted by molar-refractivity contribution is 7.80. The fourth-order valence-electron chi connectivity index (χ4n) is 4.38. The van der Waals surface area contributed by atoms with Gasteiger partial charge in [-0.3, -0.25) is 0 Å². The van der Waals surface area contributed by atoms with Crippen molar-refractivity contribution in [3.05, 3.63) is 77.4 Å². The summed E-state index contributed by atoms with van der Waals surface area (Å²) in [7, 11) is 4.96. The molecule has 0 bridgehead atoms. The number of nitrogens with one attached hydrogen (secondary N) is 1. The van der Waals surface area contributed by atoms with Crippen LogP contribution in [0.5, 0.6) is 23.0 Å². The minimum Gasteiger partial charge on any atom is -0.495 e. The van der Waals surface area contributed by atoms with Crippen LogP contribution in [0, 0.1) is 0 Å². The highest BCUT2D eigenvalue weighted by Gasteiger charge is 2.31. The Bertz CT molecular complexity index is 1170. The fraction of sp³-hybridized carbons (Fsp3) is 0.321. The summed E-state index contributed by atoms with van der Waals surface area (Å²) in [5.41, 5.74) is 4.42. The molecule has 1 N–H and O–H groups in total. The number of nitrogens with zero attached hydrogens (tertiary/aromatic N) is 1. The lowest BCUT2D eigenvalue weighted by Crippen LogP contribution is -2.44. The first kappa shape index (κ1) is 24.7. The summed E-state index contributed by atoms with van der Waals surface area (Å²) >= 11 is 5.89. The zero-order valence-electron chi connectivity index (χ0n) is 20.7. The molecule has 6 nitrogen and oxygen atoms in total. The monoisotopic (exact) mass is 492 g/mol.